The van der Waals surface area contributed by atoms with Crippen LogP contribution in [0.1, 0.15) is 22.5 Å². The number of aromatic amines is 1. The van der Waals surface area contributed by atoms with Gasteiger partial charge in [0.25, 0.3) is 5.91 Å². The van der Waals surface area contributed by atoms with Gasteiger partial charge in [0.1, 0.15) is 5.69 Å². The second-order valence-electron chi connectivity index (χ2n) is 6.08. The average Bonchev–Trinajstić information content (AvgIpc) is 3.19. The molecule has 0 saturated carbocycles. The summed E-state index contributed by atoms with van der Waals surface area (Å²) in [5, 5.41) is 10.9. The van der Waals surface area contributed by atoms with Crippen LogP contribution in [0.2, 0.25) is 0 Å². The first-order chi connectivity index (χ1) is 10.6. The predicted molar refractivity (Wildman–Crippen MR) is 82.4 cm³/mol. The van der Waals surface area contributed by atoms with E-state index in [0.29, 0.717) is 11.7 Å². The van der Waals surface area contributed by atoms with Crippen LogP contribution >= 0.6 is 0 Å². The summed E-state index contributed by atoms with van der Waals surface area (Å²) < 4.78 is 1.80. The summed E-state index contributed by atoms with van der Waals surface area (Å²) in [6.45, 7) is 0.769. The zero-order valence-electron chi connectivity index (χ0n) is 13.2. The number of rotatable bonds is 4. The predicted octanol–water partition coefficient (Wildman–Crippen LogP) is 0.531. The molecule has 22 heavy (non-hydrogen) atoms. The molecule has 0 aromatic carbocycles. The number of hydrogen-bond donors (Lipinski definition) is 1. The number of likely N-dealkylation sites (N-methyl/N-ethyl adjacent to an activating group) is 1. The van der Waals surface area contributed by atoms with Crippen LogP contribution in [-0.2, 0) is 13.5 Å². The molecular formula is C15H22N6O. The summed E-state index contributed by atoms with van der Waals surface area (Å²) in [6, 6.07) is 2.23. The lowest BCUT2D eigenvalue weighted by Crippen LogP contribution is -2.45. The molecule has 1 amide bonds. The highest BCUT2D eigenvalue weighted by Crippen LogP contribution is 2.26. The van der Waals surface area contributed by atoms with E-state index in [1.54, 1.807) is 16.9 Å². The lowest BCUT2D eigenvalue weighted by atomic mass is 10.0. The molecule has 0 unspecified atom stereocenters. The van der Waals surface area contributed by atoms with Crippen molar-refractivity contribution in [3.05, 3.63) is 35.9 Å². The third kappa shape index (κ3) is 2.76. The van der Waals surface area contributed by atoms with Gasteiger partial charge in [-0.05, 0) is 38.6 Å². The maximum atomic E-state index is 12.7. The third-order valence-electron chi connectivity index (χ3n) is 4.37. The highest BCUT2D eigenvalue weighted by molar-refractivity contribution is 5.92. The SMILES string of the molecule is CN(C)[C@@H]1CCN(C(=O)c2ccn[nH]2)[C@H]1Cc1cnn(C)c1. The second-order valence-corrected chi connectivity index (χ2v) is 6.08. The summed E-state index contributed by atoms with van der Waals surface area (Å²) in [5.41, 5.74) is 1.71. The summed E-state index contributed by atoms with van der Waals surface area (Å²) in [5.74, 6) is 0.0238. The van der Waals surface area contributed by atoms with E-state index in [2.05, 4.69) is 34.3 Å². The monoisotopic (exact) mass is 302 g/mol. The highest BCUT2D eigenvalue weighted by atomic mass is 16.2. The standard InChI is InChI=1S/C15H22N6O/c1-19(2)13-5-7-21(15(22)12-4-6-16-18-12)14(13)8-11-9-17-20(3)10-11/h4,6,9-10,13-14H,5,7-8H2,1-3H3,(H,16,18)/t13-,14+/m1/s1. The van der Waals surface area contributed by atoms with Crippen molar-refractivity contribution in [3.63, 3.8) is 0 Å². The molecule has 1 N–H and O–H groups in total. The quantitative estimate of drug-likeness (QED) is 0.894. The molecule has 0 radical (unpaired) electrons. The van der Waals surface area contributed by atoms with Gasteiger partial charge in [0.05, 0.1) is 12.2 Å². The summed E-state index contributed by atoms with van der Waals surface area (Å²) in [6.07, 6.45) is 7.31. The number of carbonyl (C=O) groups is 1. The van der Waals surface area contributed by atoms with E-state index in [4.69, 9.17) is 0 Å². The minimum absolute atomic E-state index is 0.0238. The van der Waals surface area contributed by atoms with Crippen LogP contribution in [0.5, 0.6) is 0 Å². The largest absolute Gasteiger partial charge is 0.332 e. The van der Waals surface area contributed by atoms with Gasteiger partial charge in [0, 0.05) is 32.0 Å². The van der Waals surface area contributed by atoms with Crippen LogP contribution in [0.25, 0.3) is 0 Å². The van der Waals surface area contributed by atoms with Gasteiger partial charge in [0.15, 0.2) is 0 Å². The van der Waals surface area contributed by atoms with Crippen LogP contribution in [0.4, 0.5) is 0 Å². The molecule has 7 heteroatoms. The Morgan fingerprint density at radius 3 is 2.91 bits per heavy atom. The molecule has 2 aromatic rings. The van der Waals surface area contributed by atoms with E-state index < -0.39 is 0 Å². The second kappa shape index (κ2) is 5.92. The lowest BCUT2D eigenvalue weighted by Gasteiger charge is -2.31. The molecule has 1 aliphatic rings. The number of hydrogen-bond acceptors (Lipinski definition) is 4. The van der Waals surface area contributed by atoms with Gasteiger partial charge < -0.3 is 9.80 Å². The molecule has 1 fully saturated rings. The first kappa shape index (κ1) is 14.8. The third-order valence-corrected chi connectivity index (χ3v) is 4.37. The van der Waals surface area contributed by atoms with Gasteiger partial charge in [-0.3, -0.25) is 14.6 Å². The lowest BCUT2D eigenvalue weighted by molar-refractivity contribution is 0.0698. The van der Waals surface area contributed by atoms with Gasteiger partial charge >= 0.3 is 0 Å². The number of amides is 1. The average molecular weight is 302 g/mol. The number of aromatic nitrogens is 4. The fraction of sp³-hybridized carbons (Fsp3) is 0.533. The van der Waals surface area contributed by atoms with Crippen molar-refractivity contribution in [2.45, 2.75) is 24.9 Å². The van der Waals surface area contributed by atoms with E-state index in [1.807, 2.05) is 24.3 Å². The Hall–Kier alpha value is -2.15. The Kier molecular flexibility index (Phi) is 3.98. The first-order valence-corrected chi connectivity index (χ1v) is 7.50. The molecule has 1 saturated heterocycles. The highest BCUT2D eigenvalue weighted by Gasteiger charge is 2.38. The van der Waals surface area contributed by atoms with Gasteiger partial charge in [0.2, 0.25) is 0 Å². The van der Waals surface area contributed by atoms with E-state index >= 15 is 0 Å². The van der Waals surface area contributed by atoms with E-state index in [-0.39, 0.29) is 11.9 Å². The number of carbonyl (C=O) groups excluding carboxylic acids is 1. The summed E-state index contributed by atoms with van der Waals surface area (Å²) >= 11 is 0. The van der Waals surface area contributed by atoms with Crippen LogP contribution in [0.3, 0.4) is 0 Å². The van der Waals surface area contributed by atoms with E-state index in [0.717, 1.165) is 24.9 Å². The first-order valence-electron chi connectivity index (χ1n) is 7.50. The van der Waals surface area contributed by atoms with E-state index in [1.165, 1.54) is 0 Å². The van der Waals surface area contributed by atoms with E-state index in [9.17, 15) is 4.79 Å². The number of H-pyrrole nitrogens is 1. The fourth-order valence-electron chi connectivity index (χ4n) is 3.29. The van der Waals surface area contributed by atoms with Crippen LogP contribution < -0.4 is 0 Å². The van der Waals surface area contributed by atoms with Crippen LogP contribution in [-0.4, -0.2) is 68.4 Å². The van der Waals surface area contributed by atoms with Crippen molar-refractivity contribution < 1.29 is 4.79 Å². The number of aryl methyl sites for hydroxylation is 1. The Bertz CT molecular complexity index is 632. The molecule has 2 atom stereocenters. The topological polar surface area (TPSA) is 70.1 Å². The Morgan fingerprint density at radius 1 is 1.50 bits per heavy atom. The van der Waals surface area contributed by atoms with Crippen molar-refractivity contribution in [1.82, 2.24) is 29.8 Å². The van der Waals surface area contributed by atoms with Crippen LogP contribution in [0, 0.1) is 0 Å². The number of nitrogens with zero attached hydrogens (tertiary/aromatic N) is 5. The summed E-state index contributed by atoms with van der Waals surface area (Å²) in [4.78, 5) is 16.9. The van der Waals surface area contributed by atoms with Crippen molar-refractivity contribution >= 4 is 5.91 Å². The molecule has 3 heterocycles. The molecule has 3 rings (SSSR count). The normalized spacial score (nSPS) is 21.7. The number of likely N-dealkylation sites (tertiary alicyclic amines) is 1. The zero-order chi connectivity index (χ0) is 15.7. The van der Waals surface area contributed by atoms with Crippen molar-refractivity contribution in [3.8, 4) is 0 Å². The molecule has 0 spiro atoms. The van der Waals surface area contributed by atoms with Gasteiger partial charge in [-0.25, -0.2) is 0 Å². The van der Waals surface area contributed by atoms with Crippen LogP contribution in [0.15, 0.2) is 24.7 Å². The molecule has 7 nitrogen and oxygen atoms in total. The molecular weight excluding hydrogens is 280 g/mol. The molecule has 2 aromatic heterocycles. The fourth-order valence-corrected chi connectivity index (χ4v) is 3.29. The van der Waals surface area contributed by atoms with Crippen molar-refractivity contribution in [2.75, 3.05) is 20.6 Å². The van der Waals surface area contributed by atoms with Crippen molar-refractivity contribution in [2.24, 2.45) is 7.05 Å². The van der Waals surface area contributed by atoms with Gasteiger partial charge in [-0.15, -0.1) is 0 Å². The smallest absolute Gasteiger partial charge is 0.272 e. The molecule has 0 aliphatic carbocycles. The summed E-state index contributed by atoms with van der Waals surface area (Å²) in [7, 11) is 6.06. The Labute approximate surface area is 129 Å². The Balaban J connectivity index is 1.83. The maximum absolute atomic E-state index is 12.7. The molecule has 118 valence electrons. The minimum Gasteiger partial charge on any atom is -0.332 e. The van der Waals surface area contributed by atoms with Gasteiger partial charge in [-0.1, -0.05) is 0 Å². The number of nitrogens with one attached hydrogen (secondary N) is 1. The van der Waals surface area contributed by atoms with Gasteiger partial charge in [-0.2, -0.15) is 10.2 Å². The minimum atomic E-state index is 0.0238. The molecule has 1 aliphatic heterocycles. The molecule has 0 bridgehead atoms. The maximum Gasteiger partial charge on any atom is 0.272 e. The van der Waals surface area contributed by atoms with Crippen molar-refractivity contribution in [1.29, 1.82) is 0 Å². The Morgan fingerprint density at radius 2 is 2.32 bits per heavy atom. The zero-order valence-corrected chi connectivity index (χ0v) is 13.2.